The number of ether oxygens (including phenoxy) is 2. The van der Waals surface area contributed by atoms with Gasteiger partial charge in [0.2, 0.25) is 0 Å². The summed E-state index contributed by atoms with van der Waals surface area (Å²) in [6.45, 7) is 4.56. The lowest BCUT2D eigenvalue weighted by Crippen LogP contribution is -2.49. The Labute approximate surface area is 188 Å². The van der Waals surface area contributed by atoms with Gasteiger partial charge in [-0.05, 0) is 18.2 Å². The molecule has 1 atom stereocenters. The van der Waals surface area contributed by atoms with Gasteiger partial charge in [0.25, 0.3) is 5.91 Å². The van der Waals surface area contributed by atoms with Crippen molar-refractivity contribution in [2.75, 3.05) is 63.6 Å². The predicted molar refractivity (Wildman–Crippen MR) is 119 cm³/mol. The number of nitrogens with zero attached hydrogens (tertiary/aromatic N) is 4. The summed E-state index contributed by atoms with van der Waals surface area (Å²) < 4.78 is 39.5. The number of carbonyl (C=O) groups is 1. The summed E-state index contributed by atoms with van der Waals surface area (Å²) in [5.74, 6) is -1.03. The lowest BCUT2D eigenvalue weighted by Gasteiger charge is -2.40. The predicted octanol–water partition coefficient (Wildman–Crippen LogP) is 1.77. The fourth-order valence-corrected chi connectivity index (χ4v) is 5.50. The van der Waals surface area contributed by atoms with Gasteiger partial charge < -0.3 is 19.3 Å². The molecule has 5 rings (SSSR count). The van der Waals surface area contributed by atoms with Crippen molar-refractivity contribution in [3.63, 3.8) is 0 Å². The fraction of sp³-hybridized carbons (Fsp3) is 0.545. The van der Waals surface area contributed by atoms with Crippen LogP contribution in [0.4, 0.5) is 10.1 Å². The number of piperazine rings is 1. The van der Waals surface area contributed by atoms with Crippen molar-refractivity contribution < 1.29 is 22.9 Å². The molecule has 0 N–H and O–H groups in total. The van der Waals surface area contributed by atoms with E-state index in [2.05, 4.69) is 9.88 Å². The van der Waals surface area contributed by atoms with Crippen molar-refractivity contribution in [2.45, 2.75) is 18.6 Å². The van der Waals surface area contributed by atoms with E-state index in [1.165, 1.54) is 12.1 Å². The van der Waals surface area contributed by atoms with E-state index in [1.54, 1.807) is 23.4 Å². The van der Waals surface area contributed by atoms with Crippen LogP contribution in [0.2, 0.25) is 0 Å². The number of benzene rings is 1. The number of rotatable bonds is 3. The Bertz CT molecular complexity index is 1040. The summed E-state index contributed by atoms with van der Waals surface area (Å²) in [5.41, 5.74) is 1.84. The third kappa shape index (κ3) is 4.00. The Hall–Kier alpha value is -2.14. The second-order valence-electron chi connectivity index (χ2n) is 8.42. The highest BCUT2D eigenvalue weighted by molar-refractivity contribution is 7.81. The van der Waals surface area contributed by atoms with Gasteiger partial charge in [-0.2, -0.15) is 0 Å². The van der Waals surface area contributed by atoms with Gasteiger partial charge in [0.05, 0.1) is 41.0 Å². The number of aromatic nitrogens is 1. The molecule has 3 fully saturated rings. The highest BCUT2D eigenvalue weighted by atomic mass is 32.2. The van der Waals surface area contributed by atoms with E-state index >= 15 is 0 Å². The SMILES string of the molecule is CS(=O)N1CCN(C(=O)c2cnc3ccc(F)cc3c2N2CCC3(CC2)OCCO3)CC1. The molecule has 2 aromatic rings. The zero-order valence-corrected chi connectivity index (χ0v) is 18.9. The maximum absolute atomic E-state index is 14.2. The van der Waals surface area contributed by atoms with E-state index in [-0.39, 0.29) is 11.7 Å². The third-order valence-electron chi connectivity index (χ3n) is 6.58. The minimum absolute atomic E-state index is 0.131. The molecule has 3 saturated heterocycles. The molecule has 4 heterocycles. The smallest absolute Gasteiger partial charge is 0.257 e. The summed E-state index contributed by atoms with van der Waals surface area (Å²) in [6, 6.07) is 4.49. The maximum atomic E-state index is 14.2. The summed E-state index contributed by atoms with van der Waals surface area (Å²) in [4.78, 5) is 21.9. The Morgan fingerprint density at radius 3 is 2.44 bits per heavy atom. The number of pyridine rings is 1. The molecule has 1 aromatic carbocycles. The summed E-state index contributed by atoms with van der Waals surface area (Å²) in [5, 5.41) is 0.633. The van der Waals surface area contributed by atoms with Crippen LogP contribution in [0.3, 0.4) is 0 Å². The van der Waals surface area contributed by atoms with Crippen molar-refractivity contribution in [3.05, 3.63) is 35.8 Å². The Balaban J connectivity index is 1.47. The molecule has 1 aromatic heterocycles. The van der Waals surface area contributed by atoms with Crippen molar-refractivity contribution in [2.24, 2.45) is 0 Å². The fourth-order valence-electron chi connectivity index (χ4n) is 4.82. The van der Waals surface area contributed by atoms with Crippen molar-refractivity contribution in [1.82, 2.24) is 14.2 Å². The van der Waals surface area contributed by atoms with Crippen LogP contribution in [0, 0.1) is 5.82 Å². The standard InChI is InChI=1S/C22H27FN4O4S/c1-32(29)27-10-8-26(9-11-27)21(28)18-15-24-19-3-2-16(23)14-17(19)20(18)25-6-4-22(5-7-25)30-12-13-31-22/h2-3,14-15H,4-13H2,1H3. The number of amides is 1. The van der Waals surface area contributed by atoms with Crippen molar-refractivity contribution in [1.29, 1.82) is 0 Å². The zero-order valence-electron chi connectivity index (χ0n) is 18.1. The summed E-state index contributed by atoms with van der Waals surface area (Å²) >= 11 is 0. The van der Waals surface area contributed by atoms with Gasteiger partial charge in [-0.25, -0.2) is 12.9 Å². The second-order valence-corrected chi connectivity index (χ2v) is 9.79. The molecule has 3 aliphatic heterocycles. The van der Waals surface area contributed by atoms with Crippen LogP contribution in [0.5, 0.6) is 0 Å². The van der Waals surface area contributed by atoms with Crippen LogP contribution >= 0.6 is 0 Å². The number of anilines is 1. The van der Waals surface area contributed by atoms with Gasteiger partial charge in [0, 0.05) is 69.9 Å². The molecule has 0 saturated carbocycles. The first-order chi connectivity index (χ1) is 15.5. The average Bonchev–Trinajstić information content (AvgIpc) is 3.26. The van der Waals surface area contributed by atoms with Crippen molar-refractivity contribution >= 4 is 33.5 Å². The number of hydrogen-bond donors (Lipinski definition) is 0. The lowest BCUT2D eigenvalue weighted by molar-refractivity contribution is -0.169. The number of fused-ring (bicyclic) bond motifs is 1. The molecule has 10 heteroatoms. The normalized spacial score (nSPS) is 22.6. The van der Waals surface area contributed by atoms with Crippen LogP contribution < -0.4 is 4.90 Å². The number of halogens is 1. The van der Waals surface area contributed by atoms with Gasteiger partial charge in [-0.1, -0.05) is 0 Å². The number of piperidine rings is 1. The first-order valence-electron chi connectivity index (χ1n) is 10.9. The van der Waals surface area contributed by atoms with E-state index in [9.17, 15) is 13.4 Å². The molecule has 8 nitrogen and oxygen atoms in total. The van der Waals surface area contributed by atoms with Crippen molar-refractivity contribution in [3.8, 4) is 0 Å². The van der Waals surface area contributed by atoms with Crippen LogP contribution in [-0.4, -0.2) is 88.8 Å². The van der Waals surface area contributed by atoms with E-state index in [1.807, 2.05) is 4.31 Å². The minimum atomic E-state index is -1.05. The van der Waals surface area contributed by atoms with E-state index < -0.39 is 16.8 Å². The maximum Gasteiger partial charge on any atom is 0.257 e. The van der Waals surface area contributed by atoms with Crippen LogP contribution in [0.25, 0.3) is 10.9 Å². The molecule has 1 amide bonds. The first kappa shape index (κ1) is 21.7. The highest BCUT2D eigenvalue weighted by Crippen LogP contribution is 2.37. The Kier molecular flexibility index (Phi) is 5.87. The van der Waals surface area contributed by atoms with Crippen LogP contribution in [0.15, 0.2) is 24.4 Å². The highest BCUT2D eigenvalue weighted by Gasteiger charge is 2.41. The summed E-state index contributed by atoms with van der Waals surface area (Å²) in [7, 11) is -1.05. The molecule has 0 bridgehead atoms. The largest absolute Gasteiger partial charge is 0.370 e. The average molecular weight is 463 g/mol. The third-order valence-corrected chi connectivity index (χ3v) is 7.67. The number of carbonyl (C=O) groups excluding carboxylic acids is 1. The van der Waals surface area contributed by atoms with Gasteiger partial charge in [0.15, 0.2) is 5.79 Å². The quantitative estimate of drug-likeness (QED) is 0.692. The molecule has 0 aliphatic carbocycles. The molecular weight excluding hydrogens is 435 g/mol. The molecule has 1 spiro atoms. The van der Waals surface area contributed by atoms with Crippen LogP contribution in [-0.2, 0) is 20.5 Å². The van der Waals surface area contributed by atoms with E-state index in [0.29, 0.717) is 87.5 Å². The zero-order chi connectivity index (χ0) is 22.3. The van der Waals surface area contributed by atoms with Gasteiger partial charge >= 0.3 is 0 Å². The molecular formula is C22H27FN4O4S. The van der Waals surface area contributed by atoms with Gasteiger partial charge in [0.1, 0.15) is 5.82 Å². The minimum Gasteiger partial charge on any atom is -0.370 e. The molecule has 32 heavy (non-hydrogen) atoms. The van der Waals surface area contributed by atoms with E-state index in [4.69, 9.17) is 9.47 Å². The summed E-state index contributed by atoms with van der Waals surface area (Å²) in [6.07, 6.45) is 4.62. The lowest BCUT2D eigenvalue weighted by atomic mass is 10.00. The second kappa shape index (κ2) is 8.66. The molecule has 1 unspecified atom stereocenters. The Morgan fingerprint density at radius 2 is 1.78 bits per heavy atom. The topological polar surface area (TPSA) is 75.2 Å². The molecule has 172 valence electrons. The van der Waals surface area contributed by atoms with E-state index in [0.717, 1.165) is 0 Å². The van der Waals surface area contributed by atoms with Gasteiger partial charge in [-0.3, -0.25) is 9.78 Å². The molecule has 3 aliphatic rings. The van der Waals surface area contributed by atoms with Crippen LogP contribution in [0.1, 0.15) is 23.2 Å². The molecule has 0 radical (unpaired) electrons. The number of hydrogen-bond acceptors (Lipinski definition) is 6. The monoisotopic (exact) mass is 462 g/mol. The van der Waals surface area contributed by atoms with Gasteiger partial charge in [-0.15, -0.1) is 0 Å². The Morgan fingerprint density at radius 1 is 1.09 bits per heavy atom. The first-order valence-corrected chi connectivity index (χ1v) is 12.5.